The van der Waals surface area contributed by atoms with E-state index < -0.39 is 83.8 Å². The molecule has 26 heteroatoms. The predicted molar refractivity (Wildman–Crippen MR) is 275 cm³/mol. The summed E-state index contributed by atoms with van der Waals surface area (Å²) in [5.74, 6) is 0. The second kappa shape index (κ2) is 31.8. The molecule has 6 N–H and O–H groups in total. The quantitative estimate of drug-likeness (QED) is 0.101. The van der Waals surface area contributed by atoms with Crippen LogP contribution in [0.1, 0.15) is 103 Å². The molecule has 434 valence electrons. The van der Waals surface area contributed by atoms with Crippen molar-refractivity contribution in [2.24, 2.45) is 0 Å². The first-order valence-corrected chi connectivity index (χ1v) is 25.4. The molecule has 3 fully saturated rings. The molecule has 76 heavy (non-hydrogen) atoms. The monoisotopic (exact) mass is 1090 g/mol. The normalized spacial score (nSPS) is 27.6. The fourth-order valence-electron chi connectivity index (χ4n) is 8.38. The summed E-state index contributed by atoms with van der Waals surface area (Å²) in [4.78, 5) is 67.0. The highest BCUT2D eigenvalue weighted by atomic mass is 16.6. The number of aromatic nitrogens is 6. The van der Waals surface area contributed by atoms with Crippen molar-refractivity contribution in [1.82, 2.24) is 28.7 Å². The van der Waals surface area contributed by atoms with Gasteiger partial charge in [-0.25, -0.2) is 9.59 Å². The maximum Gasteiger partial charge on any atom is 0.330 e. The highest BCUT2D eigenvalue weighted by Gasteiger charge is 2.51. The zero-order valence-corrected chi connectivity index (χ0v) is 46.5. The number of methoxy groups -OCH3 is 5. The van der Waals surface area contributed by atoms with Crippen LogP contribution < -0.4 is 32.8 Å². The number of hydrogen-bond acceptors (Lipinski definition) is 21. The van der Waals surface area contributed by atoms with Crippen LogP contribution in [0.5, 0.6) is 6.01 Å². The average Bonchev–Trinajstić information content (AvgIpc) is 4.08. The number of aliphatic hydroxyl groups excluding tert-OH is 4. The number of aliphatic hydroxyl groups is 4. The Balaban J connectivity index is 0.000000270. The molecule has 3 aromatic heterocycles. The Bertz CT molecular complexity index is 2390. The molecule has 4 aliphatic heterocycles. The third-order valence-corrected chi connectivity index (χ3v) is 12.4. The maximum atomic E-state index is 12.1. The molecule has 26 nitrogen and oxygen atoms in total. The second-order valence-corrected chi connectivity index (χ2v) is 18.9. The van der Waals surface area contributed by atoms with E-state index in [0.29, 0.717) is 56.0 Å². The Morgan fingerprint density at radius 1 is 0.566 bits per heavy atom. The molecule has 0 spiro atoms. The van der Waals surface area contributed by atoms with Crippen molar-refractivity contribution in [2.45, 2.75) is 187 Å². The van der Waals surface area contributed by atoms with Gasteiger partial charge in [0.05, 0.1) is 69.2 Å². The van der Waals surface area contributed by atoms with Crippen molar-refractivity contribution in [3.63, 3.8) is 0 Å². The Hall–Kier alpha value is -4.52. The number of ether oxygens (including phenoxy) is 11. The summed E-state index contributed by atoms with van der Waals surface area (Å²) in [5.41, 5.74) is -1.08. The third kappa shape index (κ3) is 17.8. The zero-order chi connectivity index (χ0) is 57.1. The molecule has 7 rings (SSSR count). The Labute approximate surface area is 442 Å². The minimum absolute atomic E-state index is 0.224. The van der Waals surface area contributed by atoms with Crippen LogP contribution in [0.2, 0.25) is 0 Å². The van der Waals surface area contributed by atoms with Crippen LogP contribution in [-0.4, -0.2) is 190 Å². The van der Waals surface area contributed by atoms with E-state index in [-0.39, 0.29) is 48.3 Å². The van der Waals surface area contributed by atoms with Gasteiger partial charge >= 0.3 is 17.4 Å². The van der Waals surface area contributed by atoms with Crippen LogP contribution in [0.3, 0.4) is 0 Å². The summed E-state index contributed by atoms with van der Waals surface area (Å²) in [6.07, 6.45) is -1.71. The number of nitrogens with zero attached hydrogens (tertiary/aromatic N) is 4. The van der Waals surface area contributed by atoms with Crippen LogP contribution in [0, 0.1) is 20.8 Å². The zero-order valence-electron chi connectivity index (χ0n) is 46.5. The standard InChI is InChI=1S/2C15H24N2O6.C11H14N2O4.C5H12O2.C4H10O2/c2*1-5-10-11(18)12(22-9(3)7-21-4)14(23-10)17-6-8(2)13(19)16-15(17)20;1-3-6-7(14)8-10(16-6)13-4-5(2)9(15)12-11(13)17-8;1-5(7-3)4-6-2;1-4(5)3-6-2/h2*6,9-12,14,18H,5,7H2,1-4H3,(H,16,19,20);4,6-8,10,14H,3H2,1-2H3;5H,4H2,1-3H3;4-5H,3H2,1-2H3/t9-,10+,11?,12-,14+;9-,10-,11?,12+,14-;6-,7?,8-,10-;;/m011../s1. The minimum atomic E-state index is -0.872. The average molecular weight is 1090 g/mol. The molecule has 5 unspecified atom stereocenters. The molecule has 0 radical (unpaired) electrons. The van der Waals surface area contributed by atoms with Gasteiger partial charge in [0.15, 0.2) is 24.8 Å². The predicted octanol–water partition coefficient (Wildman–Crippen LogP) is 0.529. The van der Waals surface area contributed by atoms with E-state index in [0.717, 1.165) is 6.42 Å². The fraction of sp³-hybridized carbons (Fsp3) is 0.760. The smallest absolute Gasteiger partial charge is 0.330 e. The Kier molecular flexibility index (Phi) is 27.5. The van der Waals surface area contributed by atoms with Gasteiger partial charge in [-0.3, -0.25) is 38.1 Å². The minimum Gasteiger partial charge on any atom is -0.453 e. The lowest BCUT2D eigenvalue weighted by atomic mass is 10.1. The lowest BCUT2D eigenvalue weighted by Crippen LogP contribution is -2.41. The first-order chi connectivity index (χ1) is 36.0. The van der Waals surface area contributed by atoms with E-state index in [2.05, 4.69) is 19.7 Å². The van der Waals surface area contributed by atoms with Crippen LogP contribution in [0.15, 0.2) is 42.6 Å². The summed E-state index contributed by atoms with van der Waals surface area (Å²) < 4.78 is 63.0. The van der Waals surface area contributed by atoms with Crippen molar-refractivity contribution in [2.75, 3.05) is 62.0 Å². The number of rotatable bonds is 18. The second-order valence-electron chi connectivity index (χ2n) is 18.9. The van der Waals surface area contributed by atoms with E-state index in [1.807, 2.05) is 41.5 Å². The molecule has 4 aliphatic rings. The number of hydrogen-bond donors (Lipinski definition) is 6. The van der Waals surface area contributed by atoms with Gasteiger partial charge in [0.2, 0.25) is 0 Å². The number of aromatic amines is 2. The lowest BCUT2D eigenvalue weighted by Gasteiger charge is -2.25. The first kappa shape index (κ1) is 65.8. The van der Waals surface area contributed by atoms with Gasteiger partial charge in [-0.05, 0) is 67.7 Å². The van der Waals surface area contributed by atoms with E-state index >= 15 is 0 Å². The molecule has 0 aliphatic carbocycles. The Morgan fingerprint density at radius 3 is 1.30 bits per heavy atom. The van der Waals surface area contributed by atoms with Gasteiger partial charge in [0.1, 0.15) is 30.5 Å². The topological polar surface area (TPSA) is 327 Å². The van der Waals surface area contributed by atoms with E-state index in [4.69, 9.17) is 52.5 Å². The van der Waals surface area contributed by atoms with E-state index in [1.54, 1.807) is 74.0 Å². The van der Waals surface area contributed by atoms with Crippen molar-refractivity contribution in [1.29, 1.82) is 0 Å². The van der Waals surface area contributed by atoms with E-state index in [1.165, 1.54) is 21.5 Å². The summed E-state index contributed by atoms with van der Waals surface area (Å²) >= 11 is 0. The summed E-state index contributed by atoms with van der Waals surface area (Å²) in [6, 6.07) is 0.226. The van der Waals surface area contributed by atoms with Gasteiger partial charge in [-0.15, -0.1) is 0 Å². The molecule has 16 atom stereocenters. The van der Waals surface area contributed by atoms with Gasteiger partial charge in [0.25, 0.3) is 16.7 Å². The largest absolute Gasteiger partial charge is 0.453 e. The molecular weight excluding hydrogens is 1000 g/mol. The van der Waals surface area contributed by atoms with Crippen LogP contribution in [-0.2, 0) is 47.4 Å². The third-order valence-electron chi connectivity index (χ3n) is 12.4. The van der Waals surface area contributed by atoms with Crippen molar-refractivity contribution < 1.29 is 72.5 Å². The first-order valence-electron chi connectivity index (χ1n) is 25.4. The van der Waals surface area contributed by atoms with Crippen LogP contribution in [0.4, 0.5) is 0 Å². The van der Waals surface area contributed by atoms with Crippen LogP contribution in [0.25, 0.3) is 0 Å². The number of aryl methyl sites for hydroxylation is 3. The molecule has 7 heterocycles. The Morgan fingerprint density at radius 2 is 0.947 bits per heavy atom. The molecule has 3 saturated heterocycles. The van der Waals surface area contributed by atoms with E-state index in [9.17, 15) is 39.3 Å². The van der Waals surface area contributed by atoms with Crippen molar-refractivity contribution >= 4 is 0 Å². The molecule has 0 saturated carbocycles. The number of fused-ring (bicyclic) bond motifs is 3. The highest BCUT2D eigenvalue weighted by molar-refractivity contribution is 5.15. The van der Waals surface area contributed by atoms with Gasteiger partial charge < -0.3 is 72.5 Å². The molecule has 0 amide bonds. The summed E-state index contributed by atoms with van der Waals surface area (Å²) in [7, 11) is 8.01. The summed E-state index contributed by atoms with van der Waals surface area (Å²) in [6.45, 7) is 19.7. The lowest BCUT2D eigenvalue weighted by molar-refractivity contribution is -0.111. The van der Waals surface area contributed by atoms with Gasteiger partial charge in [0, 0.05) is 70.8 Å². The van der Waals surface area contributed by atoms with Crippen molar-refractivity contribution in [3.05, 3.63) is 87.3 Å². The number of H-pyrrole nitrogens is 2. The number of nitrogens with one attached hydrogen (secondary N) is 2. The van der Waals surface area contributed by atoms with Crippen LogP contribution >= 0.6 is 0 Å². The maximum absolute atomic E-state index is 12.1. The van der Waals surface area contributed by atoms with Gasteiger partial charge in [-0.1, -0.05) is 20.8 Å². The van der Waals surface area contributed by atoms with Crippen molar-refractivity contribution in [3.8, 4) is 6.01 Å². The molecule has 0 aromatic carbocycles. The van der Waals surface area contributed by atoms with Gasteiger partial charge in [-0.2, -0.15) is 4.98 Å². The molecule has 3 aromatic rings. The summed E-state index contributed by atoms with van der Waals surface area (Å²) in [5, 5.41) is 39.3. The fourth-order valence-corrected chi connectivity index (χ4v) is 8.38. The molecular formula is C50H84N6O20. The highest BCUT2D eigenvalue weighted by Crippen LogP contribution is 2.40. The molecule has 0 bridgehead atoms. The SMILES string of the molecule is CC[C@H]1O[C@@H](n2cc(C)c(=O)[nH]c2=O)[C@@H](O[C@@H](C)COC)C1O.CC[C@H]1O[C@@H](n2cc(C)c(=O)[nH]c2=O)[C@@H](O[C@H](C)COC)C1O.CC[C@H]1O[C@@H]2[C@H](Oc3nc(=O)c(C)cn32)C1O.COCC(C)O.COCC(C)OC.